The maximum absolute atomic E-state index is 11.9. The molecule has 0 aliphatic rings. The lowest BCUT2D eigenvalue weighted by molar-refractivity contribution is -0.152. The number of aliphatic hydroxyl groups excluding tert-OH is 1. The maximum atomic E-state index is 11.9. The SMILES string of the molecule is CCOC(=O)C(CC)C(O)c1cccc(OC)c1OC. The van der Waals surface area contributed by atoms with Crippen LogP contribution in [0.25, 0.3) is 0 Å². The first-order chi connectivity index (χ1) is 9.60. The third-order valence-corrected chi connectivity index (χ3v) is 3.16. The zero-order chi connectivity index (χ0) is 15.1. The number of benzene rings is 1. The minimum absolute atomic E-state index is 0.289. The first-order valence-corrected chi connectivity index (χ1v) is 6.66. The fraction of sp³-hybridized carbons (Fsp3) is 0.533. The lowest BCUT2D eigenvalue weighted by atomic mass is 9.92. The molecule has 5 heteroatoms. The van der Waals surface area contributed by atoms with E-state index in [-0.39, 0.29) is 6.61 Å². The third-order valence-electron chi connectivity index (χ3n) is 3.16. The van der Waals surface area contributed by atoms with E-state index in [4.69, 9.17) is 14.2 Å². The van der Waals surface area contributed by atoms with E-state index in [1.165, 1.54) is 14.2 Å². The summed E-state index contributed by atoms with van der Waals surface area (Å²) in [6, 6.07) is 5.20. The Morgan fingerprint density at radius 2 is 1.95 bits per heavy atom. The monoisotopic (exact) mass is 282 g/mol. The first-order valence-electron chi connectivity index (χ1n) is 6.66. The number of hydrogen-bond acceptors (Lipinski definition) is 5. The van der Waals surface area contributed by atoms with Crippen molar-refractivity contribution in [1.82, 2.24) is 0 Å². The Balaban J connectivity index is 3.12. The average Bonchev–Trinajstić information content (AvgIpc) is 2.47. The number of hydrogen-bond donors (Lipinski definition) is 1. The smallest absolute Gasteiger partial charge is 0.311 e. The van der Waals surface area contributed by atoms with E-state index in [9.17, 15) is 9.90 Å². The van der Waals surface area contributed by atoms with Crippen molar-refractivity contribution in [2.75, 3.05) is 20.8 Å². The maximum Gasteiger partial charge on any atom is 0.311 e. The molecule has 1 rings (SSSR count). The Morgan fingerprint density at radius 1 is 1.25 bits per heavy atom. The van der Waals surface area contributed by atoms with E-state index in [1.807, 2.05) is 6.92 Å². The van der Waals surface area contributed by atoms with Crippen LogP contribution < -0.4 is 9.47 Å². The van der Waals surface area contributed by atoms with Crippen molar-refractivity contribution in [1.29, 1.82) is 0 Å². The number of rotatable bonds is 7. The number of methoxy groups -OCH3 is 2. The van der Waals surface area contributed by atoms with Gasteiger partial charge in [-0.05, 0) is 19.4 Å². The van der Waals surface area contributed by atoms with Gasteiger partial charge in [0.1, 0.15) is 0 Å². The second-order valence-electron chi connectivity index (χ2n) is 4.29. The Kier molecular flexibility index (Phi) is 6.31. The van der Waals surface area contributed by atoms with Crippen molar-refractivity contribution in [3.63, 3.8) is 0 Å². The molecule has 0 amide bonds. The molecule has 1 aromatic carbocycles. The molecule has 0 saturated heterocycles. The number of esters is 1. The van der Waals surface area contributed by atoms with E-state index in [0.29, 0.717) is 23.5 Å². The summed E-state index contributed by atoms with van der Waals surface area (Å²) < 4.78 is 15.5. The highest BCUT2D eigenvalue weighted by Gasteiger charge is 2.30. The van der Waals surface area contributed by atoms with Crippen LogP contribution in [-0.4, -0.2) is 31.9 Å². The van der Waals surface area contributed by atoms with Crippen molar-refractivity contribution in [3.05, 3.63) is 23.8 Å². The standard InChI is InChI=1S/C15H22O5/c1-5-10(15(17)20-6-2)13(16)11-8-7-9-12(18-3)14(11)19-4/h7-10,13,16H,5-6H2,1-4H3. The zero-order valence-electron chi connectivity index (χ0n) is 12.4. The highest BCUT2D eigenvalue weighted by Crippen LogP contribution is 2.38. The van der Waals surface area contributed by atoms with Crippen molar-refractivity contribution >= 4 is 5.97 Å². The molecule has 0 bridgehead atoms. The molecule has 112 valence electrons. The van der Waals surface area contributed by atoms with Crippen LogP contribution in [0.2, 0.25) is 0 Å². The highest BCUT2D eigenvalue weighted by molar-refractivity contribution is 5.73. The van der Waals surface area contributed by atoms with Gasteiger partial charge in [-0.2, -0.15) is 0 Å². The molecular weight excluding hydrogens is 260 g/mol. The van der Waals surface area contributed by atoms with Gasteiger partial charge in [-0.1, -0.05) is 19.1 Å². The summed E-state index contributed by atoms with van der Waals surface area (Å²) in [6.07, 6.45) is -0.524. The van der Waals surface area contributed by atoms with Crippen LogP contribution in [0.5, 0.6) is 11.5 Å². The summed E-state index contributed by atoms with van der Waals surface area (Å²) >= 11 is 0. The average molecular weight is 282 g/mol. The quantitative estimate of drug-likeness (QED) is 0.778. The van der Waals surface area contributed by atoms with Gasteiger partial charge in [0.2, 0.25) is 0 Å². The number of para-hydroxylation sites is 1. The number of ether oxygens (including phenoxy) is 3. The van der Waals surface area contributed by atoms with Gasteiger partial charge in [0.05, 0.1) is 32.8 Å². The Hall–Kier alpha value is -1.75. The molecule has 0 spiro atoms. The van der Waals surface area contributed by atoms with Crippen LogP contribution in [0.15, 0.2) is 18.2 Å². The minimum atomic E-state index is -0.996. The van der Waals surface area contributed by atoms with Gasteiger partial charge >= 0.3 is 5.97 Å². The summed E-state index contributed by atoms with van der Waals surface area (Å²) in [5.41, 5.74) is 0.520. The summed E-state index contributed by atoms with van der Waals surface area (Å²) in [7, 11) is 3.02. The van der Waals surface area contributed by atoms with Gasteiger partial charge < -0.3 is 19.3 Å². The number of carbonyl (C=O) groups is 1. The van der Waals surface area contributed by atoms with Crippen LogP contribution in [0, 0.1) is 5.92 Å². The Morgan fingerprint density at radius 3 is 2.45 bits per heavy atom. The van der Waals surface area contributed by atoms with E-state index in [2.05, 4.69) is 0 Å². The fourth-order valence-corrected chi connectivity index (χ4v) is 2.13. The van der Waals surface area contributed by atoms with E-state index < -0.39 is 18.0 Å². The fourth-order valence-electron chi connectivity index (χ4n) is 2.13. The van der Waals surface area contributed by atoms with Gasteiger partial charge in [-0.15, -0.1) is 0 Å². The predicted molar refractivity (Wildman–Crippen MR) is 74.9 cm³/mol. The van der Waals surface area contributed by atoms with Crippen molar-refractivity contribution in [2.45, 2.75) is 26.4 Å². The summed E-state index contributed by atoms with van der Waals surface area (Å²) in [6.45, 7) is 3.86. The second-order valence-corrected chi connectivity index (χ2v) is 4.29. The molecule has 0 saturated carbocycles. The van der Waals surface area contributed by atoms with Gasteiger partial charge in [-0.3, -0.25) is 4.79 Å². The van der Waals surface area contributed by atoms with Crippen LogP contribution >= 0.6 is 0 Å². The van der Waals surface area contributed by atoms with Crippen molar-refractivity contribution < 1.29 is 24.1 Å². The van der Waals surface area contributed by atoms with Crippen LogP contribution in [0.3, 0.4) is 0 Å². The molecule has 20 heavy (non-hydrogen) atoms. The molecule has 0 radical (unpaired) electrons. The molecule has 2 unspecified atom stereocenters. The Bertz CT molecular complexity index is 444. The normalized spacial score (nSPS) is 13.4. The minimum Gasteiger partial charge on any atom is -0.493 e. The van der Waals surface area contributed by atoms with Crippen LogP contribution in [-0.2, 0) is 9.53 Å². The molecule has 0 aliphatic carbocycles. The predicted octanol–water partition coefficient (Wildman–Crippen LogP) is 2.33. The molecule has 0 fully saturated rings. The number of aliphatic hydroxyl groups is 1. The first kappa shape index (κ1) is 16.3. The third kappa shape index (κ3) is 3.42. The van der Waals surface area contributed by atoms with Gasteiger partial charge in [-0.25, -0.2) is 0 Å². The van der Waals surface area contributed by atoms with Crippen LogP contribution in [0.1, 0.15) is 31.9 Å². The number of carbonyl (C=O) groups excluding carboxylic acids is 1. The zero-order valence-corrected chi connectivity index (χ0v) is 12.4. The lowest BCUT2D eigenvalue weighted by Gasteiger charge is -2.22. The topological polar surface area (TPSA) is 65.0 Å². The van der Waals surface area contributed by atoms with E-state index >= 15 is 0 Å². The van der Waals surface area contributed by atoms with E-state index in [0.717, 1.165) is 0 Å². The van der Waals surface area contributed by atoms with Crippen molar-refractivity contribution in [2.24, 2.45) is 5.92 Å². The molecule has 1 N–H and O–H groups in total. The molecule has 0 aliphatic heterocycles. The summed E-state index contributed by atoms with van der Waals surface area (Å²) in [4.78, 5) is 11.9. The Labute approximate surface area is 119 Å². The van der Waals surface area contributed by atoms with E-state index in [1.54, 1.807) is 25.1 Å². The lowest BCUT2D eigenvalue weighted by Crippen LogP contribution is -2.24. The molecule has 0 aromatic heterocycles. The highest BCUT2D eigenvalue weighted by atomic mass is 16.5. The van der Waals surface area contributed by atoms with Gasteiger partial charge in [0, 0.05) is 5.56 Å². The largest absolute Gasteiger partial charge is 0.493 e. The molecule has 0 heterocycles. The summed E-state index contributed by atoms with van der Waals surface area (Å²) in [5.74, 6) is -0.0867. The van der Waals surface area contributed by atoms with Gasteiger partial charge in [0.15, 0.2) is 11.5 Å². The molecule has 1 aromatic rings. The molecule has 5 nitrogen and oxygen atoms in total. The molecular formula is C15H22O5. The second kappa shape index (κ2) is 7.75. The molecule has 2 atom stereocenters. The van der Waals surface area contributed by atoms with Gasteiger partial charge in [0.25, 0.3) is 0 Å². The summed E-state index contributed by atoms with van der Waals surface area (Å²) in [5, 5.41) is 10.5. The van der Waals surface area contributed by atoms with Crippen molar-refractivity contribution in [3.8, 4) is 11.5 Å². The van der Waals surface area contributed by atoms with Crippen LogP contribution in [0.4, 0.5) is 0 Å².